The number of aryl methyl sites for hydroxylation is 1. The molecule has 0 saturated carbocycles. The molecule has 1 aromatic rings. The Morgan fingerprint density at radius 3 is 3.18 bits per heavy atom. The number of likely N-dealkylation sites (tertiary alicyclic amines) is 1. The molecule has 0 aromatic carbocycles. The predicted octanol–water partition coefficient (Wildman–Crippen LogP) is 2.55. The number of urea groups is 1. The second kappa shape index (κ2) is 7.40. The molecular formula is C16H26N4OS. The van der Waals surface area contributed by atoms with Gasteiger partial charge in [0.15, 0.2) is 0 Å². The zero-order chi connectivity index (χ0) is 15.4. The van der Waals surface area contributed by atoms with Crippen LogP contribution in [0.5, 0.6) is 0 Å². The lowest BCUT2D eigenvalue weighted by atomic mass is 10.1. The van der Waals surface area contributed by atoms with Crippen LogP contribution in [0.3, 0.4) is 0 Å². The molecule has 0 unspecified atom stereocenters. The van der Waals surface area contributed by atoms with E-state index in [2.05, 4.69) is 28.0 Å². The van der Waals surface area contributed by atoms with Crippen LogP contribution in [0.1, 0.15) is 38.1 Å². The van der Waals surface area contributed by atoms with Crippen molar-refractivity contribution in [3.63, 3.8) is 0 Å². The first kappa shape index (κ1) is 15.7. The summed E-state index contributed by atoms with van der Waals surface area (Å²) >= 11 is 2.00. The number of nitrogens with zero attached hydrogens (tertiary/aromatic N) is 3. The van der Waals surface area contributed by atoms with E-state index in [1.54, 1.807) is 0 Å². The molecule has 0 bridgehead atoms. The van der Waals surface area contributed by atoms with Crippen molar-refractivity contribution in [1.82, 2.24) is 19.8 Å². The molecule has 2 fully saturated rings. The first-order valence-corrected chi connectivity index (χ1v) is 9.55. The molecule has 22 heavy (non-hydrogen) atoms. The highest BCUT2D eigenvalue weighted by Crippen LogP contribution is 2.24. The van der Waals surface area contributed by atoms with Crippen LogP contribution in [0, 0.1) is 5.92 Å². The highest BCUT2D eigenvalue weighted by Gasteiger charge is 2.26. The number of carbonyl (C=O) groups is 1. The average Bonchev–Trinajstić information content (AvgIpc) is 3.23. The normalized spacial score (nSPS) is 25.4. The third-order valence-electron chi connectivity index (χ3n) is 4.71. The van der Waals surface area contributed by atoms with Crippen LogP contribution in [0.2, 0.25) is 0 Å². The molecule has 122 valence electrons. The van der Waals surface area contributed by atoms with Crippen LogP contribution >= 0.6 is 11.8 Å². The van der Waals surface area contributed by atoms with Crippen LogP contribution in [0.15, 0.2) is 12.4 Å². The van der Waals surface area contributed by atoms with Crippen molar-refractivity contribution >= 4 is 17.8 Å². The van der Waals surface area contributed by atoms with Crippen molar-refractivity contribution in [3.05, 3.63) is 18.2 Å². The fourth-order valence-electron chi connectivity index (χ4n) is 3.40. The zero-order valence-corrected chi connectivity index (χ0v) is 14.1. The SMILES string of the molecule is CCc1nccn1[C@@H]1CCCN(C(=O)NC[C@@H]2CCSC2)C1. The Morgan fingerprint density at radius 1 is 1.50 bits per heavy atom. The lowest BCUT2D eigenvalue weighted by Crippen LogP contribution is -2.47. The van der Waals surface area contributed by atoms with Crippen molar-refractivity contribution in [2.75, 3.05) is 31.1 Å². The van der Waals surface area contributed by atoms with Crippen LogP contribution in [0.25, 0.3) is 0 Å². The van der Waals surface area contributed by atoms with Gasteiger partial charge in [-0.25, -0.2) is 9.78 Å². The van der Waals surface area contributed by atoms with Gasteiger partial charge >= 0.3 is 6.03 Å². The average molecular weight is 322 g/mol. The van der Waals surface area contributed by atoms with Crippen molar-refractivity contribution in [2.45, 2.75) is 38.6 Å². The molecule has 2 aliphatic heterocycles. The van der Waals surface area contributed by atoms with Crippen LogP contribution < -0.4 is 5.32 Å². The molecule has 3 heterocycles. The van der Waals surface area contributed by atoms with E-state index >= 15 is 0 Å². The molecule has 2 atom stereocenters. The minimum atomic E-state index is 0.111. The quantitative estimate of drug-likeness (QED) is 0.927. The van der Waals surface area contributed by atoms with Gasteiger partial charge in [-0.2, -0.15) is 11.8 Å². The van der Waals surface area contributed by atoms with Crippen molar-refractivity contribution in [2.24, 2.45) is 5.92 Å². The van der Waals surface area contributed by atoms with E-state index in [1.165, 1.54) is 17.9 Å². The number of hydrogen-bond acceptors (Lipinski definition) is 3. The zero-order valence-electron chi connectivity index (χ0n) is 13.3. The number of imidazole rings is 1. The molecule has 2 saturated heterocycles. The van der Waals surface area contributed by atoms with Gasteiger partial charge in [-0.05, 0) is 36.7 Å². The fraction of sp³-hybridized carbons (Fsp3) is 0.750. The number of aromatic nitrogens is 2. The van der Waals surface area contributed by atoms with Gasteiger partial charge in [0.1, 0.15) is 5.82 Å². The monoisotopic (exact) mass is 322 g/mol. The Bertz CT molecular complexity index is 498. The molecule has 3 rings (SSSR count). The maximum absolute atomic E-state index is 12.4. The number of piperidine rings is 1. The van der Waals surface area contributed by atoms with Gasteiger partial charge in [0.05, 0.1) is 6.04 Å². The highest BCUT2D eigenvalue weighted by molar-refractivity contribution is 7.99. The van der Waals surface area contributed by atoms with Gasteiger partial charge in [-0.3, -0.25) is 0 Å². The number of hydrogen-bond donors (Lipinski definition) is 1. The predicted molar refractivity (Wildman–Crippen MR) is 90.3 cm³/mol. The van der Waals surface area contributed by atoms with Crippen LogP contribution in [0.4, 0.5) is 4.79 Å². The summed E-state index contributed by atoms with van der Waals surface area (Å²) in [6, 6.07) is 0.485. The number of nitrogens with one attached hydrogen (secondary N) is 1. The van der Waals surface area contributed by atoms with E-state index in [9.17, 15) is 4.79 Å². The largest absolute Gasteiger partial charge is 0.338 e. The number of carbonyl (C=O) groups excluding carboxylic acids is 1. The van der Waals surface area contributed by atoms with Crippen LogP contribution in [-0.4, -0.2) is 51.6 Å². The third kappa shape index (κ3) is 3.59. The Labute approximate surface area is 136 Å². The summed E-state index contributed by atoms with van der Waals surface area (Å²) in [7, 11) is 0. The summed E-state index contributed by atoms with van der Waals surface area (Å²) in [5.41, 5.74) is 0. The summed E-state index contributed by atoms with van der Waals surface area (Å²) < 4.78 is 2.26. The number of rotatable bonds is 4. The number of amides is 2. The van der Waals surface area contributed by atoms with Gasteiger partial charge in [0.25, 0.3) is 0 Å². The van der Waals surface area contributed by atoms with E-state index in [1.807, 2.05) is 22.9 Å². The summed E-state index contributed by atoms with van der Waals surface area (Å²) in [4.78, 5) is 18.8. The fourth-order valence-corrected chi connectivity index (χ4v) is 4.69. The van der Waals surface area contributed by atoms with Crippen molar-refractivity contribution < 1.29 is 4.79 Å². The van der Waals surface area contributed by atoms with Crippen molar-refractivity contribution in [1.29, 1.82) is 0 Å². The second-order valence-corrected chi connectivity index (χ2v) is 7.41. The molecular weight excluding hydrogens is 296 g/mol. The summed E-state index contributed by atoms with van der Waals surface area (Å²) in [6.07, 6.45) is 8.30. The molecule has 5 nitrogen and oxygen atoms in total. The minimum Gasteiger partial charge on any atom is -0.338 e. The molecule has 0 spiro atoms. The van der Waals surface area contributed by atoms with Gasteiger partial charge in [0, 0.05) is 38.4 Å². The lowest BCUT2D eigenvalue weighted by molar-refractivity contribution is 0.165. The first-order valence-electron chi connectivity index (χ1n) is 8.40. The summed E-state index contributed by atoms with van der Waals surface area (Å²) in [6.45, 7) is 4.64. The maximum Gasteiger partial charge on any atom is 0.317 e. The van der Waals surface area contributed by atoms with E-state index in [0.717, 1.165) is 44.7 Å². The molecule has 0 aliphatic carbocycles. The second-order valence-electron chi connectivity index (χ2n) is 6.26. The topological polar surface area (TPSA) is 50.2 Å². The van der Waals surface area contributed by atoms with E-state index in [0.29, 0.717) is 12.0 Å². The molecule has 0 radical (unpaired) electrons. The smallest absolute Gasteiger partial charge is 0.317 e. The Hall–Kier alpha value is -1.17. The minimum absolute atomic E-state index is 0.111. The Morgan fingerprint density at radius 2 is 2.41 bits per heavy atom. The van der Waals surface area contributed by atoms with Crippen molar-refractivity contribution in [3.8, 4) is 0 Å². The standard InChI is InChI=1S/C16H26N4OS/c1-2-15-17-6-8-20(15)14-4-3-7-19(11-14)16(21)18-10-13-5-9-22-12-13/h6,8,13-14H,2-5,7,9-12H2,1H3,(H,18,21)/t13-,14+/m0/s1. The van der Waals surface area contributed by atoms with Gasteiger partial charge < -0.3 is 14.8 Å². The van der Waals surface area contributed by atoms with Gasteiger partial charge in [-0.15, -0.1) is 0 Å². The van der Waals surface area contributed by atoms with Gasteiger partial charge in [-0.1, -0.05) is 6.92 Å². The summed E-state index contributed by atoms with van der Waals surface area (Å²) in [5, 5.41) is 3.14. The van der Waals surface area contributed by atoms with E-state index in [4.69, 9.17) is 0 Å². The number of thioether (sulfide) groups is 1. The van der Waals surface area contributed by atoms with Gasteiger partial charge in [0.2, 0.25) is 0 Å². The Balaban J connectivity index is 1.54. The van der Waals surface area contributed by atoms with E-state index in [-0.39, 0.29) is 6.03 Å². The summed E-state index contributed by atoms with van der Waals surface area (Å²) in [5.74, 6) is 4.22. The lowest BCUT2D eigenvalue weighted by Gasteiger charge is -2.34. The maximum atomic E-state index is 12.4. The first-order chi connectivity index (χ1) is 10.8. The van der Waals surface area contributed by atoms with E-state index < -0.39 is 0 Å². The molecule has 1 aromatic heterocycles. The third-order valence-corrected chi connectivity index (χ3v) is 5.94. The molecule has 2 amide bonds. The van der Waals surface area contributed by atoms with Crippen LogP contribution in [-0.2, 0) is 6.42 Å². The Kier molecular flexibility index (Phi) is 5.28. The highest BCUT2D eigenvalue weighted by atomic mass is 32.2. The molecule has 6 heteroatoms. The molecule has 1 N–H and O–H groups in total. The molecule has 2 aliphatic rings.